The molecule has 10 heteroatoms. The van der Waals surface area contributed by atoms with E-state index in [1.807, 2.05) is 0 Å². The fraction of sp³-hybridized carbons (Fsp3) is 0.625. The maximum absolute atomic E-state index is 11.5. The van der Waals surface area contributed by atoms with Crippen molar-refractivity contribution >= 4 is 44.0 Å². The number of nitrogens with zero attached hydrogens (tertiary/aromatic N) is 2. The zero-order valence-corrected chi connectivity index (χ0v) is 11.7. The molecule has 0 saturated carbocycles. The van der Waals surface area contributed by atoms with Crippen LogP contribution >= 0.6 is 23.1 Å². The van der Waals surface area contributed by atoms with Crippen LogP contribution in [-0.2, 0) is 19.4 Å². The van der Waals surface area contributed by atoms with Gasteiger partial charge in [-0.1, -0.05) is 23.1 Å². The van der Waals surface area contributed by atoms with Crippen LogP contribution in [0, 0.1) is 0 Å². The molecule has 1 aliphatic rings. The van der Waals surface area contributed by atoms with Gasteiger partial charge in [-0.2, -0.15) is 0 Å². The summed E-state index contributed by atoms with van der Waals surface area (Å²) in [5, 5.41) is 7.70. The molecule has 0 aromatic carbocycles. The average molecular weight is 309 g/mol. The molecule has 7 nitrogen and oxygen atoms in total. The first-order valence-electron chi connectivity index (χ1n) is 5.06. The number of esters is 1. The van der Waals surface area contributed by atoms with E-state index in [1.165, 1.54) is 23.1 Å². The van der Waals surface area contributed by atoms with Crippen LogP contribution in [0.15, 0.2) is 4.34 Å². The zero-order valence-electron chi connectivity index (χ0n) is 9.24. The van der Waals surface area contributed by atoms with Crippen molar-refractivity contribution in [2.24, 2.45) is 0 Å². The molecule has 0 bridgehead atoms. The molecule has 1 aliphatic heterocycles. The highest BCUT2D eigenvalue weighted by atomic mass is 32.2. The molecule has 1 aromatic heterocycles. The molecular weight excluding hydrogens is 298 g/mol. The second-order valence-corrected chi connectivity index (χ2v) is 8.17. The molecule has 18 heavy (non-hydrogen) atoms. The van der Waals surface area contributed by atoms with Gasteiger partial charge < -0.3 is 10.5 Å². The summed E-state index contributed by atoms with van der Waals surface area (Å²) in [5.41, 5.74) is 5.40. The van der Waals surface area contributed by atoms with Gasteiger partial charge in [0.25, 0.3) is 0 Å². The molecule has 1 aromatic rings. The predicted molar refractivity (Wildman–Crippen MR) is 68.2 cm³/mol. The van der Waals surface area contributed by atoms with E-state index in [-0.39, 0.29) is 17.3 Å². The largest absolute Gasteiger partial charge is 0.461 e. The van der Waals surface area contributed by atoms with Crippen LogP contribution in [-0.4, -0.2) is 47.9 Å². The van der Waals surface area contributed by atoms with Crippen LogP contribution in [0.3, 0.4) is 0 Å². The van der Waals surface area contributed by atoms with E-state index >= 15 is 0 Å². The first-order chi connectivity index (χ1) is 8.44. The Bertz CT molecular complexity index is 542. The van der Waals surface area contributed by atoms with Crippen LogP contribution in [0.5, 0.6) is 0 Å². The molecule has 0 radical (unpaired) electrons. The van der Waals surface area contributed by atoms with Crippen molar-refractivity contribution in [2.75, 3.05) is 23.0 Å². The van der Waals surface area contributed by atoms with Crippen LogP contribution in [0.4, 0.5) is 5.13 Å². The quantitative estimate of drug-likeness (QED) is 0.608. The molecule has 1 saturated heterocycles. The standard InChI is InChI=1S/C8H11N3O4S3/c9-7-10-11-8(17-7)16-3-6(12)15-5-1-2-18(13,14)4-5/h5H,1-4H2,(H2,9,10)/t5-/m0/s1. The van der Waals surface area contributed by atoms with E-state index in [0.717, 1.165) is 0 Å². The minimum absolute atomic E-state index is 0.0742. The molecule has 1 fully saturated rings. The lowest BCUT2D eigenvalue weighted by Crippen LogP contribution is -2.20. The minimum atomic E-state index is -3.03. The fourth-order valence-electron chi connectivity index (χ4n) is 1.47. The molecule has 1 atom stereocenters. The Labute approximate surface area is 112 Å². The summed E-state index contributed by atoms with van der Waals surface area (Å²) in [5.74, 6) is -0.360. The SMILES string of the molecule is Nc1nnc(SCC(=O)O[C@H]2CCS(=O)(=O)C2)s1. The van der Waals surface area contributed by atoms with E-state index in [1.54, 1.807) is 0 Å². The number of thioether (sulfide) groups is 1. The van der Waals surface area contributed by atoms with Crippen LogP contribution < -0.4 is 5.73 Å². The van der Waals surface area contributed by atoms with Gasteiger partial charge in [0.05, 0.1) is 17.3 Å². The van der Waals surface area contributed by atoms with Gasteiger partial charge in [0, 0.05) is 0 Å². The van der Waals surface area contributed by atoms with Gasteiger partial charge in [0.15, 0.2) is 14.2 Å². The maximum Gasteiger partial charge on any atom is 0.316 e. The van der Waals surface area contributed by atoms with Gasteiger partial charge in [-0.25, -0.2) is 8.42 Å². The molecule has 0 unspecified atom stereocenters. The van der Waals surface area contributed by atoms with Gasteiger partial charge in [0.1, 0.15) is 6.10 Å². The Hall–Kier alpha value is -0.870. The number of sulfone groups is 1. The number of hydrogen-bond acceptors (Lipinski definition) is 9. The molecule has 0 aliphatic carbocycles. The Morgan fingerprint density at radius 1 is 1.56 bits per heavy atom. The van der Waals surface area contributed by atoms with E-state index in [2.05, 4.69) is 10.2 Å². The van der Waals surface area contributed by atoms with E-state index in [4.69, 9.17) is 10.5 Å². The summed E-state index contributed by atoms with van der Waals surface area (Å²) in [7, 11) is -3.03. The monoisotopic (exact) mass is 309 g/mol. The Balaban J connectivity index is 1.76. The summed E-state index contributed by atoms with van der Waals surface area (Å²) < 4.78 is 28.0. The van der Waals surface area contributed by atoms with Gasteiger partial charge >= 0.3 is 5.97 Å². The molecule has 2 rings (SSSR count). The third-order valence-corrected chi connectivity index (χ3v) is 5.82. The van der Waals surface area contributed by atoms with Gasteiger partial charge in [-0.3, -0.25) is 4.79 Å². The molecule has 2 N–H and O–H groups in total. The highest BCUT2D eigenvalue weighted by Gasteiger charge is 2.30. The molecule has 0 amide bonds. The topological polar surface area (TPSA) is 112 Å². The molecule has 0 spiro atoms. The number of ether oxygens (including phenoxy) is 1. The smallest absolute Gasteiger partial charge is 0.316 e. The number of carbonyl (C=O) groups is 1. The van der Waals surface area contributed by atoms with Crippen LogP contribution in [0.1, 0.15) is 6.42 Å². The summed E-state index contributed by atoms with van der Waals surface area (Å²) >= 11 is 2.36. The van der Waals surface area contributed by atoms with Gasteiger partial charge in [-0.15, -0.1) is 10.2 Å². The average Bonchev–Trinajstić information content (AvgIpc) is 2.82. The molecule has 100 valence electrons. The highest BCUT2D eigenvalue weighted by Crippen LogP contribution is 2.24. The summed E-state index contributed by atoms with van der Waals surface area (Å²) in [6.45, 7) is 0. The predicted octanol–water partition coefficient (Wildman–Crippen LogP) is -0.0573. The molecular formula is C8H11N3O4S3. The number of carbonyl (C=O) groups excluding carboxylic acids is 1. The molecule has 2 heterocycles. The van der Waals surface area contributed by atoms with Crippen molar-refractivity contribution in [3.05, 3.63) is 0 Å². The lowest BCUT2D eigenvalue weighted by molar-refractivity contribution is -0.144. The zero-order chi connectivity index (χ0) is 13.2. The maximum atomic E-state index is 11.5. The van der Waals surface area contributed by atoms with E-state index < -0.39 is 21.9 Å². The van der Waals surface area contributed by atoms with Crippen molar-refractivity contribution in [1.82, 2.24) is 10.2 Å². The lowest BCUT2D eigenvalue weighted by atomic mass is 10.3. The highest BCUT2D eigenvalue weighted by molar-refractivity contribution is 8.01. The third-order valence-electron chi connectivity index (χ3n) is 2.22. The first-order valence-corrected chi connectivity index (χ1v) is 8.69. The van der Waals surface area contributed by atoms with Crippen LogP contribution in [0.2, 0.25) is 0 Å². The summed E-state index contributed by atoms with van der Waals surface area (Å²) in [6.07, 6.45) is -0.132. The third kappa shape index (κ3) is 3.82. The van der Waals surface area contributed by atoms with Crippen molar-refractivity contribution in [2.45, 2.75) is 16.9 Å². The van der Waals surface area contributed by atoms with Crippen LogP contribution in [0.25, 0.3) is 0 Å². The Kier molecular flexibility index (Phi) is 4.07. The number of nitrogens with two attached hydrogens (primary N) is 1. The van der Waals surface area contributed by atoms with Crippen molar-refractivity contribution in [3.63, 3.8) is 0 Å². The van der Waals surface area contributed by atoms with E-state index in [9.17, 15) is 13.2 Å². The number of anilines is 1. The second-order valence-electron chi connectivity index (χ2n) is 3.71. The number of rotatable bonds is 4. The Morgan fingerprint density at radius 2 is 2.33 bits per heavy atom. The number of nitrogen functional groups attached to an aromatic ring is 1. The van der Waals surface area contributed by atoms with Crippen molar-refractivity contribution in [1.29, 1.82) is 0 Å². The number of aromatic nitrogens is 2. The fourth-order valence-corrected chi connectivity index (χ4v) is 4.48. The lowest BCUT2D eigenvalue weighted by Gasteiger charge is -2.08. The summed E-state index contributed by atoms with van der Waals surface area (Å²) in [6, 6.07) is 0. The van der Waals surface area contributed by atoms with E-state index in [0.29, 0.717) is 15.9 Å². The van der Waals surface area contributed by atoms with Gasteiger partial charge in [-0.05, 0) is 6.42 Å². The normalized spacial score (nSPS) is 21.9. The Morgan fingerprint density at radius 3 is 2.89 bits per heavy atom. The minimum Gasteiger partial charge on any atom is -0.461 e. The van der Waals surface area contributed by atoms with Crippen molar-refractivity contribution in [3.8, 4) is 0 Å². The van der Waals surface area contributed by atoms with Crippen molar-refractivity contribution < 1.29 is 17.9 Å². The second kappa shape index (κ2) is 5.41. The first kappa shape index (κ1) is 13.6. The summed E-state index contributed by atoms with van der Waals surface area (Å²) in [4.78, 5) is 11.5. The number of hydrogen-bond donors (Lipinski definition) is 1. The van der Waals surface area contributed by atoms with Gasteiger partial charge in [0.2, 0.25) is 5.13 Å².